The van der Waals surface area contributed by atoms with Crippen LogP contribution in [-0.4, -0.2) is 33.6 Å². The van der Waals surface area contributed by atoms with Crippen LogP contribution in [0.2, 0.25) is 0 Å². The maximum atomic E-state index is 12.3. The zero-order chi connectivity index (χ0) is 21.2. The van der Waals surface area contributed by atoms with Crippen LogP contribution in [0.1, 0.15) is 22.7 Å². The van der Waals surface area contributed by atoms with Gasteiger partial charge >= 0.3 is 18.2 Å². The number of rotatable bonds is 5. The molecule has 0 saturated heterocycles. The van der Waals surface area contributed by atoms with E-state index in [9.17, 15) is 23.1 Å². The number of aromatic nitrogens is 2. The van der Waals surface area contributed by atoms with Gasteiger partial charge in [-0.25, -0.2) is 0 Å². The molecule has 0 bridgehead atoms. The van der Waals surface area contributed by atoms with Crippen LogP contribution >= 0.6 is 31.9 Å². The van der Waals surface area contributed by atoms with Gasteiger partial charge in [-0.15, -0.1) is 13.2 Å². The van der Waals surface area contributed by atoms with Crippen molar-refractivity contribution < 1.29 is 32.3 Å². The van der Waals surface area contributed by atoms with E-state index in [4.69, 9.17) is 4.52 Å². The minimum atomic E-state index is -4.80. The molecular formula is C17H12Br2F3N3O4. The number of carbonyl (C=O) groups is 1. The first-order chi connectivity index (χ1) is 13.7. The Kier molecular flexibility index (Phi) is 6.44. The number of benzene rings is 1. The summed E-state index contributed by atoms with van der Waals surface area (Å²) in [5.41, 5.74) is 1.15. The van der Waals surface area contributed by atoms with Gasteiger partial charge in [0.1, 0.15) is 5.76 Å². The number of nitrogens with one attached hydrogen (secondary N) is 1. The van der Waals surface area contributed by atoms with Crippen LogP contribution in [0.25, 0.3) is 11.4 Å². The van der Waals surface area contributed by atoms with Gasteiger partial charge in [0.25, 0.3) is 0 Å². The molecule has 1 aliphatic carbocycles. The molecule has 1 aliphatic rings. The summed E-state index contributed by atoms with van der Waals surface area (Å²) >= 11 is 6.65. The Balaban J connectivity index is 1.69. The summed E-state index contributed by atoms with van der Waals surface area (Å²) in [7, 11) is 0. The van der Waals surface area contributed by atoms with Crippen LogP contribution in [0.15, 0.2) is 49.6 Å². The summed E-state index contributed by atoms with van der Waals surface area (Å²) in [6.07, 6.45) is -0.939. The molecule has 0 fully saturated rings. The third kappa shape index (κ3) is 5.46. The number of alkyl halides is 3. The van der Waals surface area contributed by atoms with E-state index in [1.54, 1.807) is 12.1 Å². The standard InChI is InChI=1S/C17H12Br2F3N3O4/c18-12-4-8(5-13(19)11(12)7-26)14-24-16(29-25-14)15(27)23-9-2-1-3-10(6-9)28-17(20,21)22/h1-5,9,26H,6-7H2,(H,23,27). The van der Waals surface area contributed by atoms with Crippen molar-refractivity contribution in [3.05, 3.63) is 56.5 Å². The zero-order valence-electron chi connectivity index (χ0n) is 14.3. The van der Waals surface area contributed by atoms with E-state index in [2.05, 4.69) is 52.1 Å². The second-order valence-electron chi connectivity index (χ2n) is 5.85. The summed E-state index contributed by atoms with van der Waals surface area (Å²) in [5.74, 6) is -1.28. The molecule has 1 amide bonds. The SMILES string of the molecule is O=C(NC1C=CC=C(OC(F)(F)F)C1)c1nc(-c2cc(Br)c(CO)c(Br)c2)no1. The molecular weight excluding hydrogens is 527 g/mol. The second-order valence-corrected chi connectivity index (χ2v) is 7.56. The van der Waals surface area contributed by atoms with Gasteiger partial charge in [0, 0.05) is 26.5 Å². The first-order valence-corrected chi connectivity index (χ1v) is 9.61. The molecule has 0 spiro atoms. The molecule has 0 saturated carbocycles. The van der Waals surface area contributed by atoms with Crippen molar-refractivity contribution in [2.24, 2.45) is 0 Å². The molecule has 0 aliphatic heterocycles. The molecule has 1 aromatic carbocycles. The minimum Gasteiger partial charge on any atom is -0.410 e. The Morgan fingerprint density at radius 3 is 2.66 bits per heavy atom. The van der Waals surface area contributed by atoms with Crippen LogP contribution in [0, 0.1) is 0 Å². The van der Waals surface area contributed by atoms with Crippen LogP contribution in [0.3, 0.4) is 0 Å². The normalized spacial score (nSPS) is 16.5. The molecule has 7 nitrogen and oxygen atoms in total. The second kappa shape index (κ2) is 8.67. The van der Waals surface area contributed by atoms with E-state index in [0.717, 1.165) is 0 Å². The quantitative estimate of drug-likeness (QED) is 0.591. The van der Waals surface area contributed by atoms with E-state index in [1.165, 1.54) is 18.2 Å². The molecule has 3 rings (SSSR count). The Morgan fingerprint density at radius 2 is 2.03 bits per heavy atom. The van der Waals surface area contributed by atoms with Gasteiger partial charge in [-0.05, 0) is 18.2 Å². The average molecular weight is 539 g/mol. The topological polar surface area (TPSA) is 97.5 Å². The number of allylic oxidation sites excluding steroid dienone is 2. The minimum absolute atomic E-state index is 0.126. The molecule has 12 heteroatoms. The highest BCUT2D eigenvalue weighted by atomic mass is 79.9. The molecule has 0 radical (unpaired) electrons. The Morgan fingerprint density at radius 1 is 1.34 bits per heavy atom. The van der Waals surface area contributed by atoms with Crippen LogP contribution in [0.4, 0.5) is 13.2 Å². The maximum absolute atomic E-state index is 12.3. The number of halogens is 5. The molecule has 29 heavy (non-hydrogen) atoms. The predicted octanol–water partition coefficient (Wildman–Crippen LogP) is 4.23. The van der Waals surface area contributed by atoms with Crippen molar-refractivity contribution in [1.29, 1.82) is 0 Å². The van der Waals surface area contributed by atoms with Crippen molar-refractivity contribution >= 4 is 37.8 Å². The average Bonchev–Trinajstić information content (AvgIpc) is 3.10. The van der Waals surface area contributed by atoms with E-state index >= 15 is 0 Å². The first-order valence-electron chi connectivity index (χ1n) is 8.03. The van der Waals surface area contributed by atoms with Crippen LogP contribution in [-0.2, 0) is 11.3 Å². The van der Waals surface area contributed by atoms with Crippen LogP contribution < -0.4 is 5.32 Å². The van der Waals surface area contributed by atoms with Crippen molar-refractivity contribution in [2.75, 3.05) is 0 Å². The fraction of sp³-hybridized carbons (Fsp3) is 0.235. The van der Waals surface area contributed by atoms with E-state index in [-0.39, 0.29) is 30.5 Å². The van der Waals surface area contributed by atoms with Gasteiger partial charge in [-0.2, -0.15) is 4.98 Å². The first kappa shape index (κ1) is 21.5. The van der Waals surface area contributed by atoms with Gasteiger partial charge in [0.15, 0.2) is 0 Å². The predicted molar refractivity (Wildman–Crippen MR) is 101 cm³/mol. The Labute approximate surface area is 178 Å². The Bertz CT molecular complexity index is 966. The number of hydrogen-bond donors (Lipinski definition) is 2. The number of aliphatic hydroxyl groups excluding tert-OH is 1. The summed E-state index contributed by atoms with van der Waals surface area (Å²) < 4.78 is 47.1. The van der Waals surface area contributed by atoms with Gasteiger partial charge in [0.2, 0.25) is 5.82 Å². The Hall–Kier alpha value is -2.18. The molecule has 1 aromatic heterocycles. The van der Waals surface area contributed by atoms with Crippen molar-refractivity contribution in [3.63, 3.8) is 0 Å². The largest absolute Gasteiger partial charge is 0.572 e. The zero-order valence-corrected chi connectivity index (χ0v) is 17.5. The number of nitrogens with zero attached hydrogens (tertiary/aromatic N) is 2. The van der Waals surface area contributed by atoms with E-state index < -0.39 is 18.3 Å². The number of carbonyl (C=O) groups excluding carboxylic acids is 1. The molecule has 1 atom stereocenters. The third-order valence-corrected chi connectivity index (χ3v) is 5.20. The van der Waals surface area contributed by atoms with E-state index in [0.29, 0.717) is 20.1 Å². The number of ether oxygens (including phenoxy) is 1. The monoisotopic (exact) mass is 537 g/mol. The maximum Gasteiger partial charge on any atom is 0.572 e. The summed E-state index contributed by atoms with van der Waals surface area (Å²) in [4.78, 5) is 16.3. The molecule has 2 N–H and O–H groups in total. The number of hydrogen-bond acceptors (Lipinski definition) is 6. The number of aliphatic hydroxyl groups is 1. The molecule has 1 heterocycles. The summed E-state index contributed by atoms with van der Waals surface area (Å²) in [6, 6.07) is 2.57. The summed E-state index contributed by atoms with van der Waals surface area (Å²) in [5, 5.41) is 15.6. The third-order valence-electron chi connectivity index (χ3n) is 3.79. The van der Waals surface area contributed by atoms with Crippen LogP contribution in [0.5, 0.6) is 0 Å². The lowest BCUT2D eigenvalue weighted by Crippen LogP contribution is -2.35. The molecule has 154 valence electrons. The highest BCUT2D eigenvalue weighted by Crippen LogP contribution is 2.31. The van der Waals surface area contributed by atoms with Gasteiger partial charge < -0.3 is 19.7 Å². The highest BCUT2D eigenvalue weighted by Gasteiger charge is 2.33. The smallest absolute Gasteiger partial charge is 0.410 e. The molecule has 2 aromatic rings. The fourth-order valence-corrected chi connectivity index (χ4v) is 3.96. The van der Waals surface area contributed by atoms with Crippen molar-refractivity contribution in [2.45, 2.75) is 25.4 Å². The van der Waals surface area contributed by atoms with Gasteiger partial charge in [0.05, 0.1) is 12.6 Å². The van der Waals surface area contributed by atoms with Gasteiger partial charge in [-0.1, -0.05) is 49.2 Å². The summed E-state index contributed by atoms with van der Waals surface area (Å²) in [6.45, 7) is -0.190. The lowest BCUT2D eigenvalue weighted by molar-refractivity contribution is -0.306. The van der Waals surface area contributed by atoms with Crippen molar-refractivity contribution in [3.8, 4) is 11.4 Å². The van der Waals surface area contributed by atoms with Gasteiger partial charge in [-0.3, -0.25) is 4.79 Å². The fourth-order valence-electron chi connectivity index (χ4n) is 2.52. The van der Waals surface area contributed by atoms with Crippen molar-refractivity contribution in [1.82, 2.24) is 15.5 Å². The number of amides is 1. The highest BCUT2D eigenvalue weighted by molar-refractivity contribution is 9.11. The molecule has 1 unspecified atom stereocenters. The van der Waals surface area contributed by atoms with E-state index in [1.807, 2.05) is 0 Å². The lowest BCUT2D eigenvalue weighted by Gasteiger charge is -2.20. The lowest BCUT2D eigenvalue weighted by atomic mass is 10.1.